The van der Waals surface area contributed by atoms with Crippen LogP contribution in [0.5, 0.6) is 5.75 Å². The van der Waals surface area contributed by atoms with Crippen LogP contribution in [-0.4, -0.2) is 18.9 Å². The minimum atomic E-state index is 0.362. The zero-order valence-corrected chi connectivity index (χ0v) is 13.1. The van der Waals surface area contributed by atoms with Crippen molar-refractivity contribution in [2.24, 2.45) is 5.73 Å². The average Bonchev–Trinajstić information content (AvgIpc) is 2.50. The van der Waals surface area contributed by atoms with Crippen molar-refractivity contribution < 1.29 is 4.74 Å². The molecule has 2 nitrogen and oxygen atoms in total. The fourth-order valence-electron chi connectivity index (χ4n) is 1.69. The fourth-order valence-corrected chi connectivity index (χ4v) is 2.73. The fraction of sp³-hybridized carbons (Fsp3) is 0.176. The van der Waals surface area contributed by atoms with E-state index in [4.69, 9.17) is 22.1 Å². The molecular weight excluding hydrogens is 302 g/mol. The summed E-state index contributed by atoms with van der Waals surface area (Å²) in [7, 11) is 0. The predicted molar refractivity (Wildman–Crippen MR) is 90.0 cm³/mol. The molecule has 0 unspecified atom stereocenters. The summed E-state index contributed by atoms with van der Waals surface area (Å²) in [5, 5.41) is 0.757. The molecule has 0 aliphatic carbocycles. The Morgan fingerprint density at radius 2 is 2.00 bits per heavy atom. The summed E-state index contributed by atoms with van der Waals surface area (Å²) >= 11 is 7.66. The molecule has 0 amide bonds. The Morgan fingerprint density at radius 1 is 1.14 bits per heavy atom. The van der Waals surface area contributed by atoms with Crippen molar-refractivity contribution in [2.75, 3.05) is 18.9 Å². The molecule has 2 rings (SSSR count). The number of halogens is 1. The molecule has 0 saturated carbocycles. The van der Waals surface area contributed by atoms with Crippen molar-refractivity contribution in [3.63, 3.8) is 0 Å². The molecule has 0 atom stereocenters. The Kier molecular flexibility index (Phi) is 6.49. The highest BCUT2D eigenvalue weighted by molar-refractivity contribution is 7.99. The van der Waals surface area contributed by atoms with Gasteiger partial charge in [0.25, 0.3) is 0 Å². The van der Waals surface area contributed by atoms with Gasteiger partial charge in [0.05, 0.1) is 13.2 Å². The van der Waals surface area contributed by atoms with Gasteiger partial charge in [-0.2, -0.15) is 0 Å². The first-order chi connectivity index (χ1) is 10.3. The van der Waals surface area contributed by atoms with Gasteiger partial charge >= 0.3 is 0 Å². The van der Waals surface area contributed by atoms with Gasteiger partial charge in [0, 0.05) is 21.2 Å². The maximum absolute atomic E-state index is 5.95. The number of thioether (sulfide) groups is 1. The topological polar surface area (TPSA) is 35.2 Å². The molecule has 108 valence electrons. The van der Waals surface area contributed by atoms with Crippen molar-refractivity contribution in [1.29, 1.82) is 0 Å². The minimum absolute atomic E-state index is 0.362. The van der Waals surface area contributed by atoms with Crippen LogP contribution in [0.25, 0.3) is 0 Å². The van der Waals surface area contributed by atoms with Gasteiger partial charge in [0.2, 0.25) is 0 Å². The van der Waals surface area contributed by atoms with Crippen LogP contribution >= 0.6 is 23.4 Å². The number of ether oxygens (including phenoxy) is 1. The summed E-state index contributed by atoms with van der Waals surface area (Å²) in [6.45, 7) is 0.992. The van der Waals surface area contributed by atoms with Gasteiger partial charge in [0.15, 0.2) is 0 Å². The van der Waals surface area contributed by atoms with E-state index in [2.05, 4.69) is 11.8 Å². The van der Waals surface area contributed by atoms with E-state index in [0.29, 0.717) is 13.2 Å². The van der Waals surface area contributed by atoms with E-state index in [9.17, 15) is 0 Å². The summed E-state index contributed by atoms with van der Waals surface area (Å²) in [5.74, 6) is 7.51. The molecule has 0 heterocycles. The SMILES string of the molecule is NCC#Cc1cccc(OCCSc2cccc(Cl)c2)c1. The predicted octanol–water partition coefficient (Wildman–Crippen LogP) is 3.82. The van der Waals surface area contributed by atoms with E-state index >= 15 is 0 Å². The molecule has 4 heteroatoms. The molecule has 0 fully saturated rings. The zero-order chi connectivity index (χ0) is 14.9. The van der Waals surface area contributed by atoms with Crippen LogP contribution in [0.4, 0.5) is 0 Å². The second kappa shape index (κ2) is 8.63. The summed E-state index contributed by atoms with van der Waals surface area (Å²) in [6.07, 6.45) is 0. The smallest absolute Gasteiger partial charge is 0.120 e. The highest BCUT2D eigenvalue weighted by Crippen LogP contribution is 2.21. The van der Waals surface area contributed by atoms with Crippen LogP contribution in [0.15, 0.2) is 53.4 Å². The van der Waals surface area contributed by atoms with Crippen LogP contribution in [0.1, 0.15) is 5.56 Å². The van der Waals surface area contributed by atoms with Gasteiger partial charge in [-0.1, -0.05) is 35.6 Å². The number of hydrogen-bond acceptors (Lipinski definition) is 3. The summed E-state index contributed by atoms with van der Waals surface area (Å²) < 4.78 is 5.73. The van der Waals surface area contributed by atoms with Crippen LogP contribution < -0.4 is 10.5 Å². The standard InChI is InChI=1S/C17H16ClNOS/c18-15-6-2-8-17(13-15)21-11-10-20-16-7-1-4-14(12-16)5-3-9-19/h1-2,4,6-8,12-13H,9-11,19H2. The third-order valence-electron chi connectivity index (χ3n) is 2.59. The maximum atomic E-state index is 5.95. The lowest BCUT2D eigenvalue weighted by Gasteiger charge is -2.06. The van der Waals surface area contributed by atoms with E-state index in [0.717, 1.165) is 27.0 Å². The van der Waals surface area contributed by atoms with Gasteiger partial charge < -0.3 is 10.5 Å². The molecule has 0 aliphatic heterocycles. The summed E-state index contributed by atoms with van der Waals surface area (Å²) in [6, 6.07) is 15.5. The number of nitrogens with two attached hydrogens (primary N) is 1. The molecule has 0 aliphatic rings. The molecule has 0 saturated heterocycles. The molecule has 0 bridgehead atoms. The molecule has 2 aromatic carbocycles. The van der Waals surface area contributed by atoms with Crippen LogP contribution in [0.2, 0.25) is 5.02 Å². The Hall–Kier alpha value is -1.60. The third kappa shape index (κ3) is 5.73. The lowest BCUT2D eigenvalue weighted by atomic mass is 10.2. The second-order valence-electron chi connectivity index (χ2n) is 4.19. The van der Waals surface area contributed by atoms with E-state index in [1.54, 1.807) is 11.8 Å². The van der Waals surface area contributed by atoms with Crippen molar-refractivity contribution in [1.82, 2.24) is 0 Å². The first kappa shape index (κ1) is 15.8. The summed E-state index contributed by atoms with van der Waals surface area (Å²) in [4.78, 5) is 1.15. The van der Waals surface area contributed by atoms with Gasteiger partial charge in [-0.05, 0) is 36.4 Å². The van der Waals surface area contributed by atoms with Crippen molar-refractivity contribution in [3.05, 3.63) is 59.1 Å². The van der Waals surface area contributed by atoms with Crippen molar-refractivity contribution >= 4 is 23.4 Å². The first-order valence-electron chi connectivity index (χ1n) is 6.58. The average molecular weight is 318 g/mol. The molecular formula is C17H16ClNOS. The molecule has 2 N–H and O–H groups in total. The van der Waals surface area contributed by atoms with Crippen LogP contribution in [0.3, 0.4) is 0 Å². The Morgan fingerprint density at radius 3 is 2.81 bits per heavy atom. The maximum Gasteiger partial charge on any atom is 0.120 e. The molecule has 21 heavy (non-hydrogen) atoms. The number of hydrogen-bond donors (Lipinski definition) is 1. The molecule has 0 radical (unpaired) electrons. The lowest BCUT2D eigenvalue weighted by Crippen LogP contribution is -2.00. The van der Waals surface area contributed by atoms with E-state index in [-0.39, 0.29) is 0 Å². The lowest BCUT2D eigenvalue weighted by molar-refractivity contribution is 0.344. The van der Waals surface area contributed by atoms with Gasteiger partial charge in [-0.25, -0.2) is 0 Å². The number of rotatable bonds is 5. The van der Waals surface area contributed by atoms with E-state index < -0.39 is 0 Å². The van der Waals surface area contributed by atoms with Gasteiger partial charge in [-0.15, -0.1) is 11.8 Å². The van der Waals surface area contributed by atoms with Crippen molar-refractivity contribution in [3.8, 4) is 17.6 Å². The number of benzene rings is 2. The van der Waals surface area contributed by atoms with Crippen LogP contribution in [0, 0.1) is 11.8 Å². The van der Waals surface area contributed by atoms with Crippen molar-refractivity contribution in [2.45, 2.75) is 4.90 Å². The minimum Gasteiger partial charge on any atom is -0.493 e. The Balaban J connectivity index is 1.81. The monoisotopic (exact) mass is 317 g/mol. The first-order valence-corrected chi connectivity index (χ1v) is 7.94. The van der Waals surface area contributed by atoms with Gasteiger partial charge in [-0.3, -0.25) is 0 Å². The highest BCUT2D eigenvalue weighted by atomic mass is 35.5. The quantitative estimate of drug-likeness (QED) is 0.517. The third-order valence-corrected chi connectivity index (χ3v) is 3.78. The highest BCUT2D eigenvalue weighted by Gasteiger charge is 1.98. The Labute approximate surface area is 134 Å². The second-order valence-corrected chi connectivity index (χ2v) is 5.79. The zero-order valence-electron chi connectivity index (χ0n) is 11.5. The molecule has 0 spiro atoms. The molecule has 0 aromatic heterocycles. The Bertz CT molecular complexity index is 648. The molecule has 2 aromatic rings. The van der Waals surface area contributed by atoms with Crippen LogP contribution in [-0.2, 0) is 0 Å². The normalized spacial score (nSPS) is 9.81. The summed E-state index contributed by atoms with van der Waals surface area (Å²) in [5.41, 5.74) is 6.28. The largest absolute Gasteiger partial charge is 0.493 e. The van der Waals surface area contributed by atoms with Gasteiger partial charge in [0.1, 0.15) is 5.75 Å². The van der Waals surface area contributed by atoms with E-state index in [1.165, 1.54) is 0 Å². The van der Waals surface area contributed by atoms with E-state index in [1.807, 2.05) is 48.5 Å².